The van der Waals surface area contributed by atoms with Crippen molar-refractivity contribution in [2.24, 2.45) is 0 Å². The Balaban J connectivity index is 1.72. The zero-order chi connectivity index (χ0) is 19.1. The molecule has 1 aliphatic heterocycles. The third kappa shape index (κ3) is 5.15. The smallest absolute Gasteiger partial charge is 0.337 e. The molecule has 142 valence electrons. The number of methoxy groups -OCH3 is 1. The van der Waals surface area contributed by atoms with Crippen molar-refractivity contribution in [1.29, 1.82) is 0 Å². The summed E-state index contributed by atoms with van der Waals surface area (Å²) in [6.07, 6.45) is 0. The lowest BCUT2D eigenvalue weighted by Crippen LogP contribution is -2.43. The highest BCUT2D eigenvalue weighted by Crippen LogP contribution is 2.16. The number of morpholine rings is 1. The first-order chi connectivity index (χ1) is 13.2. The number of esters is 1. The fourth-order valence-electron chi connectivity index (χ4n) is 3.08. The van der Waals surface area contributed by atoms with Crippen molar-refractivity contribution >= 4 is 11.9 Å². The van der Waals surface area contributed by atoms with E-state index in [0.717, 1.165) is 25.2 Å². The molecule has 1 N–H and O–H groups in total. The second-order valence-corrected chi connectivity index (χ2v) is 6.42. The third-order valence-electron chi connectivity index (χ3n) is 4.62. The van der Waals surface area contributed by atoms with Gasteiger partial charge in [-0.05, 0) is 29.8 Å². The molecule has 0 aromatic heterocycles. The number of ether oxygens (including phenoxy) is 2. The van der Waals surface area contributed by atoms with Crippen molar-refractivity contribution in [3.63, 3.8) is 0 Å². The van der Waals surface area contributed by atoms with Gasteiger partial charge in [0, 0.05) is 25.2 Å². The molecule has 0 spiro atoms. The van der Waals surface area contributed by atoms with Crippen molar-refractivity contribution in [2.75, 3.05) is 40.0 Å². The number of hydrogen-bond donors (Lipinski definition) is 1. The topological polar surface area (TPSA) is 67.9 Å². The monoisotopic (exact) mass is 368 g/mol. The molecular weight excluding hydrogens is 344 g/mol. The van der Waals surface area contributed by atoms with Crippen LogP contribution in [0.15, 0.2) is 54.6 Å². The minimum Gasteiger partial charge on any atom is -0.465 e. The van der Waals surface area contributed by atoms with Gasteiger partial charge in [-0.25, -0.2) is 4.79 Å². The highest BCUT2D eigenvalue weighted by Gasteiger charge is 2.21. The summed E-state index contributed by atoms with van der Waals surface area (Å²) in [5.74, 6) is -0.593. The van der Waals surface area contributed by atoms with Gasteiger partial charge < -0.3 is 14.8 Å². The largest absolute Gasteiger partial charge is 0.465 e. The van der Waals surface area contributed by atoms with Crippen molar-refractivity contribution < 1.29 is 19.1 Å². The Hall–Kier alpha value is -2.70. The summed E-state index contributed by atoms with van der Waals surface area (Å²) in [7, 11) is 1.33. The number of carbonyl (C=O) groups excluding carboxylic acids is 2. The zero-order valence-corrected chi connectivity index (χ0v) is 15.4. The molecule has 1 amide bonds. The van der Waals surface area contributed by atoms with Gasteiger partial charge in [0.25, 0.3) is 5.91 Å². The van der Waals surface area contributed by atoms with Gasteiger partial charge in [-0.3, -0.25) is 9.69 Å². The summed E-state index contributed by atoms with van der Waals surface area (Å²) in [5.41, 5.74) is 1.98. The highest BCUT2D eigenvalue weighted by atomic mass is 16.5. The minimum atomic E-state index is -0.420. The van der Waals surface area contributed by atoms with Gasteiger partial charge in [0.2, 0.25) is 0 Å². The molecule has 0 aliphatic carbocycles. The Morgan fingerprint density at radius 2 is 1.67 bits per heavy atom. The molecule has 1 fully saturated rings. The molecular formula is C21H24N2O4. The molecule has 0 saturated carbocycles. The fraction of sp³-hybridized carbons (Fsp3) is 0.333. The van der Waals surface area contributed by atoms with Crippen LogP contribution in [0, 0.1) is 0 Å². The van der Waals surface area contributed by atoms with Gasteiger partial charge in [0.1, 0.15) is 0 Å². The normalized spacial score (nSPS) is 15.7. The first-order valence-electron chi connectivity index (χ1n) is 9.01. The molecule has 0 unspecified atom stereocenters. The zero-order valence-electron chi connectivity index (χ0n) is 15.4. The second-order valence-electron chi connectivity index (χ2n) is 6.42. The number of carbonyl (C=O) groups is 2. The number of amides is 1. The molecule has 1 heterocycles. The molecule has 3 rings (SSSR count). The molecule has 27 heavy (non-hydrogen) atoms. The van der Waals surface area contributed by atoms with Crippen LogP contribution in [0.1, 0.15) is 32.3 Å². The lowest BCUT2D eigenvalue weighted by molar-refractivity contribution is 0.0332. The van der Waals surface area contributed by atoms with Gasteiger partial charge in [0.15, 0.2) is 0 Å². The van der Waals surface area contributed by atoms with Crippen LogP contribution in [0.5, 0.6) is 0 Å². The summed E-state index contributed by atoms with van der Waals surface area (Å²) < 4.78 is 10.1. The maximum absolute atomic E-state index is 12.8. The lowest BCUT2D eigenvalue weighted by atomic mass is 10.0. The van der Waals surface area contributed by atoms with Gasteiger partial charge in [-0.2, -0.15) is 0 Å². The minimum absolute atomic E-state index is 0.128. The molecule has 0 radical (unpaired) electrons. The maximum atomic E-state index is 12.8. The summed E-state index contributed by atoms with van der Waals surface area (Å²) in [6, 6.07) is 16.3. The summed E-state index contributed by atoms with van der Waals surface area (Å²) in [6.45, 7) is 3.86. The van der Waals surface area contributed by atoms with E-state index in [9.17, 15) is 9.59 Å². The van der Waals surface area contributed by atoms with Crippen LogP contribution in [0.3, 0.4) is 0 Å². The van der Waals surface area contributed by atoms with Crippen LogP contribution in [-0.2, 0) is 9.47 Å². The Labute approximate surface area is 159 Å². The van der Waals surface area contributed by atoms with E-state index in [1.165, 1.54) is 7.11 Å². The van der Waals surface area contributed by atoms with E-state index < -0.39 is 5.97 Å². The molecule has 2 aromatic carbocycles. The summed E-state index contributed by atoms with van der Waals surface area (Å²) >= 11 is 0. The van der Waals surface area contributed by atoms with Crippen molar-refractivity contribution in [3.8, 4) is 0 Å². The number of hydrogen-bond acceptors (Lipinski definition) is 5. The van der Waals surface area contributed by atoms with Crippen LogP contribution in [-0.4, -0.2) is 56.7 Å². The highest BCUT2D eigenvalue weighted by molar-refractivity contribution is 5.96. The first-order valence-corrected chi connectivity index (χ1v) is 9.01. The predicted molar refractivity (Wildman–Crippen MR) is 102 cm³/mol. The summed E-state index contributed by atoms with van der Waals surface area (Å²) in [4.78, 5) is 26.6. The van der Waals surface area contributed by atoms with E-state index >= 15 is 0 Å². The van der Waals surface area contributed by atoms with E-state index in [1.807, 2.05) is 30.3 Å². The molecule has 1 atom stereocenters. The maximum Gasteiger partial charge on any atom is 0.337 e. The van der Waals surface area contributed by atoms with Crippen molar-refractivity contribution in [1.82, 2.24) is 10.2 Å². The quantitative estimate of drug-likeness (QED) is 0.793. The van der Waals surface area contributed by atoms with E-state index in [4.69, 9.17) is 4.74 Å². The van der Waals surface area contributed by atoms with Gasteiger partial charge in [-0.1, -0.05) is 30.3 Å². The molecule has 6 nitrogen and oxygen atoms in total. The van der Waals surface area contributed by atoms with Crippen LogP contribution in [0.25, 0.3) is 0 Å². The standard InChI is InChI=1S/C21H24N2O4/c1-26-21(25)18-9-7-17(8-10-18)20(24)22-19(16-5-3-2-4-6-16)15-23-11-13-27-14-12-23/h2-10,19H,11-15H2,1H3,(H,22,24)/t19-/m0/s1. The molecule has 2 aromatic rings. The van der Waals surface area contributed by atoms with E-state index in [2.05, 4.69) is 15.0 Å². The van der Waals surface area contributed by atoms with Crippen LogP contribution < -0.4 is 5.32 Å². The van der Waals surface area contributed by atoms with Crippen LogP contribution in [0.2, 0.25) is 0 Å². The molecule has 1 aliphatic rings. The average molecular weight is 368 g/mol. The third-order valence-corrected chi connectivity index (χ3v) is 4.62. The van der Waals surface area contributed by atoms with E-state index in [0.29, 0.717) is 24.3 Å². The molecule has 0 bridgehead atoms. The van der Waals surface area contributed by atoms with Gasteiger partial charge in [-0.15, -0.1) is 0 Å². The number of nitrogens with one attached hydrogen (secondary N) is 1. The van der Waals surface area contributed by atoms with Gasteiger partial charge >= 0.3 is 5.97 Å². The summed E-state index contributed by atoms with van der Waals surface area (Å²) in [5, 5.41) is 3.12. The Morgan fingerprint density at radius 1 is 1.04 bits per heavy atom. The Bertz CT molecular complexity index is 756. The SMILES string of the molecule is COC(=O)c1ccc(C(=O)N[C@@H](CN2CCOCC2)c2ccccc2)cc1. The van der Waals surface area contributed by atoms with Crippen LogP contribution >= 0.6 is 0 Å². The fourth-order valence-corrected chi connectivity index (χ4v) is 3.08. The number of rotatable bonds is 6. The Morgan fingerprint density at radius 3 is 2.30 bits per heavy atom. The molecule has 1 saturated heterocycles. The van der Waals surface area contributed by atoms with E-state index in [1.54, 1.807) is 24.3 Å². The first kappa shape index (κ1) is 19.1. The second kappa shape index (κ2) is 9.30. The number of nitrogens with zero attached hydrogens (tertiary/aromatic N) is 1. The van der Waals surface area contributed by atoms with Crippen molar-refractivity contribution in [3.05, 3.63) is 71.3 Å². The lowest BCUT2D eigenvalue weighted by Gasteiger charge is -2.31. The van der Waals surface area contributed by atoms with E-state index in [-0.39, 0.29) is 11.9 Å². The average Bonchev–Trinajstić information content (AvgIpc) is 2.74. The van der Waals surface area contributed by atoms with Crippen LogP contribution in [0.4, 0.5) is 0 Å². The Kier molecular flexibility index (Phi) is 6.57. The van der Waals surface area contributed by atoms with Gasteiger partial charge in [0.05, 0.1) is 31.9 Å². The number of benzene rings is 2. The van der Waals surface area contributed by atoms with Crippen molar-refractivity contribution in [2.45, 2.75) is 6.04 Å². The molecule has 6 heteroatoms. The predicted octanol–water partition coefficient (Wildman–Crippen LogP) is 2.28.